The molecule has 0 aliphatic heterocycles. The SMILES string of the molecule is Cc1cc(C(NCC(O)c2ccncc2)C(C)C)c(C)s1. The van der Waals surface area contributed by atoms with E-state index in [9.17, 15) is 5.11 Å². The molecule has 2 rings (SSSR count). The molecule has 0 fully saturated rings. The van der Waals surface area contributed by atoms with Gasteiger partial charge in [0.1, 0.15) is 0 Å². The third-order valence-corrected chi connectivity index (χ3v) is 4.68. The first kappa shape index (κ1) is 16.1. The average molecular weight is 304 g/mol. The van der Waals surface area contributed by atoms with Crippen molar-refractivity contribution in [2.75, 3.05) is 6.54 Å². The van der Waals surface area contributed by atoms with Gasteiger partial charge in [0, 0.05) is 34.7 Å². The number of aliphatic hydroxyl groups is 1. The fourth-order valence-electron chi connectivity index (χ4n) is 2.61. The van der Waals surface area contributed by atoms with Gasteiger partial charge in [-0.05, 0) is 49.1 Å². The molecule has 2 unspecified atom stereocenters. The average Bonchev–Trinajstić information content (AvgIpc) is 2.78. The molecule has 0 radical (unpaired) electrons. The molecule has 114 valence electrons. The topological polar surface area (TPSA) is 45.1 Å². The normalized spacial score (nSPS) is 14.4. The first-order chi connectivity index (χ1) is 9.99. The highest BCUT2D eigenvalue weighted by atomic mass is 32.1. The Kier molecular flexibility index (Phi) is 5.51. The van der Waals surface area contributed by atoms with E-state index in [1.54, 1.807) is 12.4 Å². The van der Waals surface area contributed by atoms with Crippen molar-refractivity contribution in [3.63, 3.8) is 0 Å². The Balaban J connectivity index is 2.06. The zero-order valence-corrected chi connectivity index (χ0v) is 13.9. The van der Waals surface area contributed by atoms with Crippen LogP contribution in [0.1, 0.15) is 46.9 Å². The molecule has 2 aromatic heterocycles. The van der Waals surface area contributed by atoms with Crippen LogP contribution in [0.4, 0.5) is 0 Å². The number of hydrogen-bond acceptors (Lipinski definition) is 4. The number of hydrogen-bond donors (Lipinski definition) is 2. The lowest BCUT2D eigenvalue weighted by Gasteiger charge is -2.24. The van der Waals surface area contributed by atoms with Crippen molar-refractivity contribution in [3.8, 4) is 0 Å². The van der Waals surface area contributed by atoms with Gasteiger partial charge in [0.2, 0.25) is 0 Å². The Morgan fingerprint density at radius 3 is 2.43 bits per heavy atom. The van der Waals surface area contributed by atoms with E-state index in [0.29, 0.717) is 12.5 Å². The fourth-order valence-corrected chi connectivity index (χ4v) is 3.58. The third kappa shape index (κ3) is 4.13. The summed E-state index contributed by atoms with van der Waals surface area (Å²) in [7, 11) is 0. The first-order valence-electron chi connectivity index (χ1n) is 7.37. The van der Waals surface area contributed by atoms with Crippen LogP contribution in [-0.2, 0) is 0 Å². The maximum atomic E-state index is 10.3. The summed E-state index contributed by atoms with van der Waals surface area (Å²) >= 11 is 1.83. The number of thiophene rings is 1. The minimum Gasteiger partial charge on any atom is -0.387 e. The van der Waals surface area contributed by atoms with Gasteiger partial charge in [-0.25, -0.2) is 0 Å². The van der Waals surface area contributed by atoms with Crippen LogP contribution in [0.25, 0.3) is 0 Å². The van der Waals surface area contributed by atoms with Crippen LogP contribution >= 0.6 is 11.3 Å². The number of pyridine rings is 1. The summed E-state index contributed by atoms with van der Waals surface area (Å²) in [6.07, 6.45) is 2.92. The Hall–Kier alpha value is -1.23. The molecule has 2 heterocycles. The Bertz CT molecular complexity index is 565. The van der Waals surface area contributed by atoms with E-state index in [4.69, 9.17) is 0 Å². The number of nitrogens with one attached hydrogen (secondary N) is 1. The van der Waals surface area contributed by atoms with Crippen LogP contribution in [-0.4, -0.2) is 16.6 Å². The van der Waals surface area contributed by atoms with Crippen LogP contribution in [0, 0.1) is 19.8 Å². The molecule has 0 aliphatic rings. The van der Waals surface area contributed by atoms with Gasteiger partial charge in [0.25, 0.3) is 0 Å². The molecule has 0 aromatic carbocycles. The Labute approximate surface area is 131 Å². The van der Waals surface area contributed by atoms with Crippen LogP contribution in [0.15, 0.2) is 30.6 Å². The predicted octanol–water partition coefficient (Wildman–Crippen LogP) is 3.78. The number of aryl methyl sites for hydroxylation is 2. The largest absolute Gasteiger partial charge is 0.387 e. The zero-order chi connectivity index (χ0) is 15.4. The number of nitrogens with zero attached hydrogens (tertiary/aromatic N) is 1. The zero-order valence-electron chi connectivity index (χ0n) is 13.1. The minimum atomic E-state index is -0.505. The molecule has 0 spiro atoms. The molecule has 0 saturated carbocycles. The van der Waals surface area contributed by atoms with Crippen molar-refractivity contribution in [1.82, 2.24) is 10.3 Å². The van der Waals surface area contributed by atoms with Crippen molar-refractivity contribution < 1.29 is 5.11 Å². The van der Waals surface area contributed by atoms with Gasteiger partial charge < -0.3 is 10.4 Å². The van der Waals surface area contributed by atoms with Crippen LogP contribution in [0.5, 0.6) is 0 Å². The number of aliphatic hydroxyl groups excluding tert-OH is 1. The molecule has 2 aromatic rings. The smallest absolute Gasteiger partial charge is 0.0915 e. The van der Waals surface area contributed by atoms with Crippen molar-refractivity contribution in [2.45, 2.75) is 39.8 Å². The maximum Gasteiger partial charge on any atom is 0.0915 e. The van der Waals surface area contributed by atoms with Crippen molar-refractivity contribution >= 4 is 11.3 Å². The summed E-state index contributed by atoms with van der Waals surface area (Å²) in [5.74, 6) is 0.474. The van der Waals surface area contributed by atoms with Gasteiger partial charge in [-0.15, -0.1) is 11.3 Å². The first-order valence-corrected chi connectivity index (χ1v) is 8.19. The van der Waals surface area contributed by atoms with Crippen molar-refractivity contribution in [3.05, 3.63) is 51.5 Å². The van der Waals surface area contributed by atoms with Gasteiger partial charge in [-0.1, -0.05) is 13.8 Å². The molecule has 0 amide bonds. The van der Waals surface area contributed by atoms with E-state index in [1.165, 1.54) is 15.3 Å². The van der Waals surface area contributed by atoms with Crippen LogP contribution < -0.4 is 5.32 Å². The van der Waals surface area contributed by atoms with Crippen molar-refractivity contribution in [1.29, 1.82) is 0 Å². The second-order valence-corrected chi connectivity index (χ2v) is 7.26. The summed E-state index contributed by atoms with van der Waals surface area (Å²) < 4.78 is 0. The van der Waals surface area contributed by atoms with Crippen LogP contribution in [0.2, 0.25) is 0 Å². The van der Waals surface area contributed by atoms with Gasteiger partial charge in [0.15, 0.2) is 0 Å². The molecule has 2 atom stereocenters. The second kappa shape index (κ2) is 7.16. The summed E-state index contributed by atoms with van der Waals surface area (Å²) in [4.78, 5) is 6.68. The lowest BCUT2D eigenvalue weighted by Crippen LogP contribution is -2.30. The summed E-state index contributed by atoms with van der Waals surface area (Å²) in [5, 5.41) is 13.8. The van der Waals surface area contributed by atoms with E-state index in [-0.39, 0.29) is 6.04 Å². The van der Waals surface area contributed by atoms with E-state index in [2.05, 4.69) is 44.1 Å². The summed E-state index contributed by atoms with van der Waals surface area (Å²) in [5.41, 5.74) is 2.26. The molecular weight excluding hydrogens is 280 g/mol. The molecule has 3 nitrogen and oxygen atoms in total. The van der Waals surface area contributed by atoms with Gasteiger partial charge >= 0.3 is 0 Å². The van der Waals surface area contributed by atoms with Crippen LogP contribution in [0.3, 0.4) is 0 Å². The number of aromatic nitrogens is 1. The lowest BCUT2D eigenvalue weighted by atomic mass is 9.96. The van der Waals surface area contributed by atoms with E-state index in [1.807, 2.05) is 23.5 Å². The highest BCUT2D eigenvalue weighted by Gasteiger charge is 2.20. The molecular formula is C17H24N2OS. The highest BCUT2D eigenvalue weighted by Crippen LogP contribution is 2.31. The van der Waals surface area contributed by atoms with Gasteiger partial charge in [-0.2, -0.15) is 0 Å². The third-order valence-electron chi connectivity index (χ3n) is 3.70. The van der Waals surface area contributed by atoms with E-state index >= 15 is 0 Å². The lowest BCUT2D eigenvalue weighted by molar-refractivity contribution is 0.165. The van der Waals surface area contributed by atoms with Crippen molar-refractivity contribution in [2.24, 2.45) is 5.92 Å². The Morgan fingerprint density at radius 1 is 1.24 bits per heavy atom. The van der Waals surface area contributed by atoms with E-state index < -0.39 is 6.10 Å². The molecule has 0 saturated heterocycles. The molecule has 0 bridgehead atoms. The predicted molar refractivity (Wildman–Crippen MR) is 88.6 cm³/mol. The monoisotopic (exact) mass is 304 g/mol. The minimum absolute atomic E-state index is 0.270. The fraction of sp³-hybridized carbons (Fsp3) is 0.471. The maximum absolute atomic E-state index is 10.3. The second-order valence-electron chi connectivity index (χ2n) is 5.79. The summed E-state index contributed by atoms with van der Waals surface area (Å²) in [6.45, 7) is 9.28. The molecule has 4 heteroatoms. The van der Waals surface area contributed by atoms with Gasteiger partial charge in [-0.3, -0.25) is 4.98 Å². The van der Waals surface area contributed by atoms with Gasteiger partial charge in [0.05, 0.1) is 6.10 Å². The molecule has 0 aliphatic carbocycles. The molecule has 2 N–H and O–H groups in total. The number of rotatable bonds is 6. The Morgan fingerprint density at radius 2 is 1.90 bits per heavy atom. The van der Waals surface area contributed by atoms with E-state index in [0.717, 1.165) is 5.56 Å². The highest BCUT2D eigenvalue weighted by molar-refractivity contribution is 7.12. The quantitative estimate of drug-likeness (QED) is 0.853. The summed E-state index contributed by atoms with van der Waals surface area (Å²) in [6, 6.07) is 6.25. The molecule has 21 heavy (non-hydrogen) atoms. The standard InChI is InChI=1S/C17H24N2OS/c1-11(2)17(15-9-12(3)21-13(15)4)19-10-16(20)14-5-7-18-8-6-14/h5-9,11,16-17,19-20H,10H2,1-4H3.